The summed E-state index contributed by atoms with van der Waals surface area (Å²) in [6.07, 6.45) is 4.50. The number of H-pyrrole nitrogens is 1. The average Bonchev–Trinajstić information content (AvgIpc) is 3.46. The molecule has 2 aromatic heterocycles. The van der Waals surface area contributed by atoms with Crippen molar-refractivity contribution in [1.29, 1.82) is 0 Å². The van der Waals surface area contributed by atoms with Gasteiger partial charge in [-0.15, -0.1) is 11.3 Å². The van der Waals surface area contributed by atoms with Crippen LogP contribution in [0.25, 0.3) is 23.1 Å². The molecule has 6 nitrogen and oxygen atoms in total. The second-order valence-electron chi connectivity index (χ2n) is 9.25. The van der Waals surface area contributed by atoms with Crippen LogP contribution in [0.3, 0.4) is 0 Å². The number of aromatic amines is 1. The highest BCUT2D eigenvalue weighted by atomic mass is 32.1. The number of nitrogens with zero attached hydrogens (tertiary/aromatic N) is 3. The molecule has 2 N–H and O–H groups in total. The Morgan fingerprint density at radius 3 is 2.71 bits per heavy atom. The molecular weight excluding hydrogens is 454 g/mol. The maximum Gasteiger partial charge on any atom is 0.229 e. The molecule has 0 saturated heterocycles. The van der Waals surface area contributed by atoms with Crippen LogP contribution in [0.1, 0.15) is 27.3 Å². The van der Waals surface area contributed by atoms with E-state index in [1.54, 1.807) is 11.3 Å². The van der Waals surface area contributed by atoms with Crippen molar-refractivity contribution >= 4 is 46.0 Å². The van der Waals surface area contributed by atoms with Gasteiger partial charge in [0, 0.05) is 35.6 Å². The largest absolute Gasteiger partial charge is 0.326 e. The third-order valence-corrected chi connectivity index (χ3v) is 6.77. The zero-order chi connectivity index (χ0) is 24.8. The second-order valence-corrected chi connectivity index (χ2v) is 10.3. The maximum absolute atomic E-state index is 12.5. The van der Waals surface area contributed by atoms with Gasteiger partial charge in [0.05, 0.1) is 17.6 Å². The van der Waals surface area contributed by atoms with Crippen molar-refractivity contribution in [3.05, 3.63) is 81.2 Å². The molecule has 182 valence electrons. The molecule has 1 amide bonds. The van der Waals surface area contributed by atoms with E-state index in [-0.39, 0.29) is 5.91 Å². The number of aromatic nitrogens is 2. The summed E-state index contributed by atoms with van der Waals surface area (Å²) in [6.45, 7) is 4.97. The van der Waals surface area contributed by atoms with E-state index in [4.69, 9.17) is 0 Å². The van der Waals surface area contributed by atoms with Crippen LogP contribution in [0.5, 0.6) is 0 Å². The predicted molar refractivity (Wildman–Crippen MR) is 148 cm³/mol. The Kier molecular flexibility index (Phi) is 8.13. The van der Waals surface area contributed by atoms with Gasteiger partial charge in [-0.05, 0) is 74.4 Å². The first-order chi connectivity index (χ1) is 16.9. The van der Waals surface area contributed by atoms with Gasteiger partial charge in [-0.3, -0.25) is 9.89 Å². The van der Waals surface area contributed by atoms with Gasteiger partial charge in [0.25, 0.3) is 0 Å². The molecule has 0 aliphatic rings. The van der Waals surface area contributed by atoms with Crippen LogP contribution in [0.15, 0.2) is 53.9 Å². The minimum absolute atomic E-state index is 0.0112. The van der Waals surface area contributed by atoms with Gasteiger partial charge < -0.3 is 15.1 Å². The zero-order valence-electron chi connectivity index (χ0n) is 20.8. The first-order valence-corrected chi connectivity index (χ1v) is 12.7. The lowest BCUT2D eigenvalue weighted by molar-refractivity contribution is -0.115. The van der Waals surface area contributed by atoms with Crippen molar-refractivity contribution in [1.82, 2.24) is 20.0 Å². The number of hydrogen-bond acceptors (Lipinski definition) is 5. The molecular formula is C28H33N5OS. The molecule has 0 unspecified atom stereocenters. The Labute approximate surface area is 211 Å². The molecule has 0 atom stereocenters. The molecule has 0 fully saturated rings. The molecule has 0 radical (unpaired) electrons. The summed E-state index contributed by atoms with van der Waals surface area (Å²) in [4.78, 5) is 18.1. The van der Waals surface area contributed by atoms with Crippen LogP contribution in [0, 0.1) is 6.92 Å². The summed E-state index contributed by atoms with van der Waals surface area (Å²) in [5, 5.41) is 13.7. The first-order valence-electron chi connectivity index (χ1n) is 11.8. The molecule has 4 rings (SSSR count). The number of amides is 1. The van der Waals surface area contributed by atoms with Crippen molar-refractivity contribution in [2.24, 2.45) is 0 Å². The number of rotatable bonds is 10. The van der Waals surface area contributed by atoms with Crippen LogP contribution in [-0.4, -0.2) is 60.1 Å². The smallest absolute Gasteiger partial charge is 0.229 e. The molecule has 4 aromatic rings. The van der Waals surface area contributed by atoms with Gasteiger partial charge in [-0.1, -0.05) is 36.4 Å². The monoisotopic (exact) mass is 487 g/mol. The van der Waals surface area contributed by atoms with E-state index in [1.807, 2.05) is 42.6 Å². The summed E-state index contributed by atoms with van der Waals surface area (Å²) >= 11 is 1.59. The van der Waals surface area contributed by atoms with Gasteiger partial charge in [0.15, 0.2) is 0 Å². The predicted octanol–water partition coefficient (Wildman–Crippen LogP) is 5.28. The molecule has 0 spiro atoms. The van der Waals surface area contributed by atoms with Gasteiger partial charge in [0.1, 0.15) is 0 Å². The lowest BCUT2D eigenvalue weighted by Crippen LogP contribution is -2.28. The fourth-order valence-electron chi connectivity index (χ4n) is 3.95. The standard InChI is InChI=1S/C28H33N5OS/c1-20-15-27-24(18-26(20)29-28(34)17-23-9-6-14-35-23)25(30-31-27)11-10-21-7-5-8-22(16-21)19-33(4)13-12-32(2)3/h5-11,14-16,18H,12-13,17,19H2,1-4H3,(H,29,34)(H,30,31). The van der Waals surface area contributed by atoms with Crippen molar-refractivity contribution in [3.8, 4) is 0 Å². The minimum atomic E-state index is -0.0112. The van der Waals surface area contributed by atoms with E-state index in [0.717, 1.165) is 57.9 Å². The molecule has 35 heavy (non-hydrogen) atoms. The van der Waals surface area contributed by atoms with Gasteiger partial charge in [0.2, 0.25) is 5.91 Å². The highest BCUT2D eigenvalue weighted by molar-refractivity contribution is 7.10. The van der Waals surface area contributed by atoms with Crippen LogP contribution in [0.4, 0.5) is 5.69 Å². The number of carbonyl (C=O) groups is 1. The Morgan fingerprint density at radius 2 is 1.94 bits per heavy atom. The molecule has 0 aliphatic carbocycles. The van der Waals surface area contributed by atoms with E-state index in [2.05, 4.69) is 76.8 Å². The van der Waals surface area contributed by atoms with E-state index >= 15 is 0 Å². The van der Waals surface area contributed by atoms with E-state index < -0.39 is 0 Å². The van der Waals surface area contributed by atoms with Crippen molar-refractivity contribution in [2.45, 2.75) is 19.9 Å². The van der Waals surface area contributed by atoms with Crippen LogP contribution in [0.2, 0.25) is 0 Å². The number of fused-ring (bicyclic) bond motifs is 1. The minimum Gasteiger partial charge on any atom is -0.326 e. The number of aryl methyl sites for hydroxylation is 1. The second kappa shape index (κ2) is 11.4. The number of carbonyl (C=O) groups excluding carboxylic acids is 1. The van der Waals surface area contributed by atoms with E-state index in [9.17, 15) is 4.79 Å². The Bertz CT molecular complexity index is 1310. The summed E-state index contributed by atoms with van der Waals surface area (Å²) in [7, 11) is 6.35. The Morgan fingerprint density at radius 1 is 1.09 bits per heavy atom. The van der Waals surface area contributed by atoms with Gasteiger partial charge in [-0.2, -0.15) is 5.10 Å². The summed E-state index contributed by atoms with van der Waals surface area (Å²) in [5.41, 5.74) is 6.04. The zero-order valence-corrected chi connectivity index (χ0v) is 21.7. The van der Waals surface area contributed by atoms with Crippen molar-refractivity contribution in [2.75, 3.05) is 39.5 Å². The van der Waals surface area contributed by atoms with Gasteiger partial charge >= 0.3 is 0 Å². The van der Waals surface area contributed by atoms with Crippen LogP contribution in [-0.2, 0) is 17.8 Å². The third kappa shape index (κ3) is 6.88. The van der Waals surface area contributed by atoms with Crippen molar-refractivity contribution < 1.29 is 4.79 Å². The third-order valence-electron chi connectivity index (χ3n) is 5.89. The number of nitrogens with one attached hydrogen (secondary N) is 2. The number of thiophene rings is 1. The lowest BCUT2D eigenvalue weighted by Gasteiger charge is -2.19. The summed E-state index contributed by atoms with van der Waals surface area (Å²) in [5.74, 6) is -0.0112. The lowest BCUT2D eigenvalue weighted by atomic mass is 10.1. The SMILES string of the molecule is Cc1cc2[nH]nc(C=Cc3cccc(CN(C)CCN(C)C)c3)c2cc1NC(=O)Cc1cccs1. The molecule has 0 saturated carbocycles. The van der Waals surface area contributed by atoms with Crippen molar-refractivity contribution in [3.63, 3.8) is 0 Å². The molecule has 7 heteroatoms. The number of benzene rings is 2. The normalized spacial score (nSPS) is 11.8. The van der Waals surface area contributed by atoms with Crippen LogP contribution < -0.4 is 5.32 Å². The Hall–Kier alpha value is -3.26. The summed E-state index contributed by atoms with van der Waals surface area (Å²) in [6, 6.07) is 16.6. The molecule has 0 bridgehead atoms. The van der Waals surface area contributed by atoms with Crippen LogP contribution >= 0.6 is 11.3 Å². The first kappa shape index (κ1) is 24.9. The fraction of sp³-hybridized carbons (Fsp3) is 0.286. The average molecular weight is 488 g/mol. The number of hydrogen-bond donors (Lipinski definition) is 2. The highest BCUT2D eigenvalue weighted by Gasteiger charge is 2.11. The summed E-state index contributed by atoms with van der Waals surface area (Å²) < 4.78 is 0. The van der Waals surface area contributed by atoms with Gasteiger partial charge in [-0.25, -0.2) is 0 Å². The Balaban J connectivity index is 1.48. The maximum atomic E-state index is 12.5. The molecule has 2 aromatic carbocycles. The topological polar surface area (TPSA) is 64.3 Å². The fourth-order valence-corrected chi connectivity index (χ4v) is 4.66. The van der Waals surface area contributed by atoms with E-state index in [0.29, 0.717) is 6.42 Å². The highest BCUT2D eigenvalue weighted by Crippen LogP contribution is 2.26. The number of anilines is 1. The number of likely N-dealkylation sites (N-methyl/N-ethyl adjacent to an activating group) is 2. The van der Waals surface area contributed by atoms with E-state index in [1.165, 1.54) is 5.56 Å². The quantitative estimate of drug-likeness (QED) is 0.320. The molecule has 2 heterocycles. The molecule has 0 aliphatic heterocycles.